The van der Waals surface area contributed by atoms with Crippen molar-refractivity contribution in [2.75, 3.05) is 14.2 Å². The van der Waals surface area contributed by atoms with Crippen molar-refractivity contribution in [3.8, 4) is 11.5 Å². The number of hydrogen-bond acceptors (Lipinski definition) is 8. The van der Waals surface area contributed by atoms with Crippen molar-refractivity contribution in [1.82, 2.24) is 4.90 Å². The summed E-state index contributed by atoms with van der Waals surface area (Å²) in [5, 5.41) is 8.42. The van der Waals surface area contributed by atoms with Gasteiger partial charge in [0, 0.05) is 0 Å². The largest absolute Gasteiger partial charge is 0.493 e. The van der Waals surface area contributed by atoms with Crippen LogP contribution in [0.3, 0.4) is 0 Å². The number of aromatic carboxylic acids is 1. The first kappa shape index (κ1) is 23.9. The van der Waals surface area contributed by atoms with Gasteiger partial charge in [0.2, 0.25) is 0 Å². The van der Waals surface area contributed by atoms with Crippen LogP contribution >= 0.6 is 11.8 Å². The minimum atomic E-state index is -1.02. The fourth-order valence-corrected chi connectivity index (χ4v) is 3.95. The second-order valence-corrected chi connectivity index (χ2v) is 7.95. The monoisotopic (exact) mass is 471 g/mol. The van der Waals surface area contributed by atoms with Gasteiger partial charge in [0.15, 0.2) is 11.5 Å². The standard InChI is InChI=1S/C23H21NO8S/c1-13(22(28)31-3)24-20(25)19(33-23(24)29)11-15-6-9-17(18(10-15)30-2)32-12-14-4-7-16(8-5-14)21(26)27/h4-11,13H,12H2,1-3H3,(H,26,27)/b19-11-/t13-/m1/s1. The molecule has 3 rings (SSSR count). The number of carbonyl (C=O) groups is 4. The lowest BCUT2D eigenvalue weighted by Crippen LogP contribution is -2.42. The predicted molar refractivity (Wildman–Crippen MR) is 120 cm³/mol. The third-order valence-corrected chi connectivity index (χ3v) is 5.72. The van der Waals surface area contributed by atoms with E-state index in [-0.39, 0.29) is 17.1 Å². The number of thioether (sulfide) groups is 1. The van der Waals surface area contributed by atoms with Gasteiger partial charge in [0.25, 0.3) is 11.1 Å². The zero-order valence-electron chi connectivity index (χ0n) is 18.1. The number of rotatable bonds is 8. The topological polar surface area (TPSA) is 119 Å². The maximum Gasteiger partial charge on any atom is 0.335 e. The molecule has 1 heterocycles. The number of imide groups is 1. The molecule has 1 saturated heterocycles. The lowest BCUT2D eigenvalue weighted by molar-refractivity contribution is -0.148. The number of benzene rings is 2. The molecule has 1 N–H and O–H groups in total. The van der Waals surface area contributed by atoms with Crippen molar-refractivity contribution in [2.24, 2.45) is 0 Å². The van der Waals surface area contributed by atoms with Crippen LogP contribution in [0.15, 0.2) is 47.4 Å². The number of esters is 1. The summed E-state index contributed by atoms with van der Waals surface area (Å²) in [4.78, 5) is 48.6. The average molecular weight is 471 g/mol. The number of carboxylic acids is 1. The van der Waals surface area contributed by atoms with Crippen molar-refractivity contribution >= 4 is 40.9 Å². The van der Waals surface area contributed by atoms with E-state index in [0.29, 0.717) is 17.1 Å². The number of carboxylic acid groups (broad SMARTS) is 1. The van der Waals surface area contributed by atoms with E-state index in [1.807, 2.05) is 0 Å². The Morgan fingerprint density at radius 3 is 2.39 bits per heavy atom. The Kier molecular flexibility index (Phi) is 7.39. The number of ether oxygens (including phenoxy) is 3. The highest BCUT2D eigenvalue weighted by Gasteiger charge is 2.41. The Morgan fingerprint density at radius 1 is 1.09 bits per heavy atom. The third kappa shape index (κ3) is 5.35. The maximum atomic E-state index is 12.6. The summed E-state index contributed by atoms with van der Waals surface area (Å²) in [6.07, 6.45) is 1.53. The molecule has 0 aliphatic carbocycles. The van der Waals surface area contributed by atoms with E-state index in [0.717, 1.165) is 22.2 Å². The van der Waals surface area contributed by atoms with Gasteiger partial charge in [0.05, 0.1) is 24.7 Å². The van der Waals surface area contributed by atoms with Crippen LogP contribution in [0.25, 0.3) is 6.08 Å². The average Bonchev–Trinajstić information content (AvgIpc) is 3.09. The molecule has 33 heavy (non-hydrogen) atoms. The second kappa shape index (κ2) is 10.2. The number of methoxy groups -OCH3 is 2. The van der Waals surface area contributed by atoms with Crippen LogP contribution in [-0.2, 0) is 20.9 Å². The minimum Gasteiger partial charge on any atom is -0.493 e. The van der Waals surface area contributed by atoms with Crippen LogP contribution in [0.4, 0.5) is 4.79 Å². The number of hydrogen-bond donors (Lipinski definition) is 1. The summed E-state index contributed by atoms with van der Waals surface area (Å²) >= 11 is 0.738. The molecule has 0 unspecified atom stereocenters. The molecule has 2 aromatic carbocycles. The Bertz CT molecular complexity index is 1130. The molecule has 9 nitrogen and oxygen atoms in total. The quantitative estimate of drug-likeness (QED) is 0.455. The van der Waals surface area contributed by atoms with Gasteiger partial charge in [-0.2, -0.15) is 0 Å². The van der Waals surface area contributed by atoms with E-state index in [2.05, 4.69) is 4.74 Å². The van der Waals surface area contributed by atoms with Crippen molar-refractivity contribution < 1.29 is 38.5 Å². The Morgan fingerprint density at radius 2 is 1.79 bits per heavy atom. The van der Waals surface area contributed by atoms with Crippen molar-refractivity contribution in [2.45, 2.75) is 19.6 Å². The SMILES string of the molecule is COC(=O)[C@@H](C)N1C(=O)S/C(=C\c2ccc(OCc3ccc(C(=O)O)cc3)c(OC)c2)C1=O. The van der Waals surface area contributed by atoms with E-state index >= 15 is 0 Å². The van der Waals surface area contributed by atoms with E-state index in [1.54, 1.807) is 30.3 Å². The fourth-order valence-electron chi connectivity index (χ4n) is 3.04. The van der Waals surface area contributed by atoms with Gasteiger partial charge in [-0.15, -0.1) is 0 Å². The summed E-state index contributed by atoms with van der Waals surface area (Å²) in [5.74, 6) is -1.40. The Hall–Kier alpha value is -3.79. The molecule has 2 amide bonds. The first-order valence-electron chi connectivity index (χ1n) is 9.73. The van der Waals surface area contributed by atoms with Crippen LogP contribution in [0.1, 0.15) is 28.4 Å². The molecule has 1 fully saturated rings. The van der Waals surface area contributed by atoms with Gasteiger partial charge in [-0.3, -0.25) is 14.5 Å². The van der Waals surface area contributed by atoms with E-state index in [1.165, 1.54) is 39.4 Å². The molecule has 2 aromatic rings. The number of amides is 2. The molecule has 10 heteroatoms. The zero-order chi connectivity index (χ0) is 24.1. The molecule has 0 bridgehead atoms. The highest BCUT2D eigenvalue weighted by Crippen LogP contribution is 2.35. The predicted octanol–water partition coefficient (Wildman–Crippen LogP) is 3.57. The first-order valence-corrected chi connectivity index (χ1v) is 10.5. The van der Waals surface area contributed by atoms with Gasteiger partial charge >= 0.3 is 11.9 Å². The molecular formula is C23H21NO8S. The third-order valence-electron chi connectivity index (χ3n) is 4.83. The molecule has 172 valence electrons. The molecule has 0 saturated carbocycles. The normalized spacial score (nSPS) is 15.5. The van der Waals surface area contributed by atoms with Gasteiger partial charge in [0.1, 0.15) is 12.6 Å². The van der Waals surface area contributed by atoms with Gasteiger partial charge < -0.3 is 19.3 Å². The van der Waals surface area contributed by atoms with Crippen LogP contribution in [0.2, 0.25) is 0 Å². The first-order chi connectivity index (χ1) is 15.7. The molecule has 0 spiro atoms. The van der Waals surface area contributed by atoms with Crippen LogP contribution in [0.5, 0.6) is 11.5 Å². The molecule has 1 atom stereocenters. The summed E-state index contributed by atoms with van der Waals surface area (Å²) in [6.45, 7) is 1.62. The molecular weight excluding hydrogens is 450 g/mol. The smallest absolute Gasteiger partial charge is 0.335 e. The van der Waals surface area contributed by atoms with E-state index in [9.17, 15) is 19.2 Å². The second-order valence-electron chi connectivity index (χ2n) is 6.95. The summed E-state index contributed by atoms with van der Waals surface area (Å²) in [7, 11) is 2.66. The number of nitrogens with zero attached hydrogens (tertiary/aromatic N) is 1. The zero-order valence-corrected chi connectivity index (χ0v) is 18.9. The van der Waals surface area contributed by atoms with Crippen LogP contribution < -0.4 is 9.47 Å². The lowest BCUT2D eigenvalue weighted by Gasteiger charge is -2.18. The Labute approximate surface area is 193 Å². The van der Waals surface area contributed by atoms with Crippen molar-refractivity contribution in [3.63, 3.8) is 0 Å². The maximum absolute atomic E-state index is 12.6. The minimum absolute atomic E-state index is 0.171. The van der Waals surface area contributed by atoms with E-state index < -0.39 is 29.1 Å². The molecule has 0 radical (unpaired) electrons. The van der Waals surface area contributed by atoms with Gasteiger partial charge in [-0.05, 0) is 60.2 Å². The fraction of sp³-hybridized carbons (Fsp3) is 0.217. The van der Waals surface area contributed by atoms with Crippen molar-refractivity contribution in [1.29, 1.82) is 0 Å². The number of carbonyl (C=O) groups excluding carboxylic acids is 3. The van der Waals surface area contributed by atoms with Crippen molar-refractivity contribution in [3.05, 3.63) is 64.1 Å². The van der Waals surface area contributed by atoms with Crippen LogP contribution in [0, 0.1) is 0 Å². The highest BCUT2D eigenvalue weighted by molar-refractivity contribution is 8.18. The van der Waals surface area contributed by atoms with Crippen LogP contribution in [-0.4, -0.2) is 53.4 Å². The summed E-state index contributed by atoms with van der Waals surface area (Å²) < 4.78 is 15.8. The summed E-state index contributed by atoms with van der Waals surface area (Å²) in [6, 6.07) is 10.3. The molecule has 0 aromatic heterocycles. The molecule has 1 aliphatic rings. The molecule has 1 aliphatic heterocycles. The lowest BCUT2D eigenvalue weighted by atomic mass is 10.1. The van der Waals surface area contributed by atoms with Gasteiger partial charge in [-0.25, -0.2) is 9.59 Å². The van der Waals surface area contributed by atoms with Gasteiger partial charge in [-0.1, -0.05) is 18.2 Å². The highest BCUT2D eigenvalue weighted by atomic mass is 32.2. The Balaban J connectivity index is 1.74. The van der Waals surface area contributed by atoms with E-state index in [4.69, 9.17) is 14.6 Å². The summed E-state index contributed by atoms with van der Waals surface area (Å²) in [5.41, 5.74) is 1.56.